The van der Waals surface area contributed by atoms with Gasteiger partial charge in [0.05, 0.1) is 0 Å². The van der Waals surface area contributed by atoms with Crippen molar-refractivity contribution in [3.05, 3.63) is 0 Å². The Bertz CT molecular complexity index is 76.4. The largest absolute Gasteiger partial charge is 1.00 e. The van der Waals surface area contributed by atoms with Crippen molar-refractivity contribution in [1.82, 2.24) is 0 Å². The topological polar surface area (TPSA) is 243 Å². The van der Waals surface area contributed by atoms with Crippen molar-refractivity contribution >= 4 is 29.3 Å². The van der Waals surface area contributed by atoms with Crippen molar-refractivity contribution in [3.8, 4) is 0 Å². The third kappa shape index (κ3) is 2460. The zero-order chi connectivity index (χ0) is 14.3. The average Bonchev–Trinajstić information content (AvgIpc) is 1.76. The Morgan fingerprint density at radius 3 is 0.389 bits per heavy atom. The molecule has 0 radical (unpaired) electrons. The maximum absolute atomic E-state index is 7.17. The molecule has 0 fully saturated rings. The molecule has 100 valence electrons. The van der Waals surface area contributed by atoms with Gasteiger partial charge in [-0.25, -0.2) is 0 Å². The molecule has 0 heterocycles. The van der Waals surface area contributed by atoms with Gasteiger partial charge in [-0.1, -0.05) is 0 Å². The molecule has 0 aliphatic heterocycles. The van der Waals surface area contributed by atoms with E-state index in [-0.39, 0.29) is 51.3 Å². The molecule has 0 spiro atoms. The Labute approximate surface area is 140 Å². The molecule has 0 saturated carbocycles. The van der Waals surface area contributed by atoms with E-state index in [1.807, 2.05) is 0 Å². The van der Waals surface area contributed by atoms with E-state index < -0.39 is 29.3 Å². The van der Waals surface area contributed by atoms with Gasteiger partial charge in [-0.05, 0) is 0 Å². The molecule has 0 saturated heterocycles. The Hall–Kier alpha value is 1.38. The second-order valence-corrected chi connectivity index (χ2v) is 1.39. The Morgan fingerprint density at radius 2 is 0.389 bits per heavy atom. The fraction of sp³-hybridized carbons (Fsp3) is 0. The van der Waals surface area contributed by atoms with Crippen LogP contribution in [0.1, 0.15) is 2.85 Å². The molecule has 0 rings (SSSR count). The summed E-state index contributed by atoms with van der Waals surface area (Å²) in [6, 6.07) is 0. The van der Waals surface area contributed by atoms with Crippen LogP contribution in [-0.4, -0.2) is 89.6 Å². The van der Waals surface area contributed by atoms with Crippen LogP contribution in [0.3, 0.4) is 0 Å². The number of hydrogen-bond donors (Lipinski definition) is 12. The summed E-state index contributed by atoms with van der Waals surface area (Å²) < 4.78 is 0. The van der Waals surface area contributed by atoms with E-state index in [0.717, 1.165) is 0 Å². The summed E-state index contributed by atoms with van der Waals surface area (Å²) in [6.45, 7) is 0. The summed E-state index contributed by atoms with van der Waals surface area (Å²) in [5.74, 6) is 0. The minimum Gasteiger partial charge on any atom is -1.00 e. The van der Waals surface area contributed by atoms with E-state index in [4.69, 9.17) is 60.3 Å². The van der Waals surface area contributed by atoms with Crippen molar-refractivity contribution in [2.24, 2.45) is 0 Å². The van der Waals surface area contributed by atoms with E-state index in [2.05, 4.69) is 0 Å². The molecule has 0 aromatic carbocycles. The van der Waals surface area contributed by atoms with Gasteiger partial charge < -0.3 is 63.1 Å². The quantitative estimate of drug-likeness (QED) is 0.185. The van der Waals surface area contributed by atoms with Gasteiger partial charge in [-0.3, -0.25) is 0 Å². The fourth-order valence-electron chi connectivity index (χ4n) is 0. The monoisotopic (exact) mass is 280 g/mol. The zero-order valence-electron chi connectivity index (χ0n) is 11.7. The van der Waals surface area contributed by atoms with Crippen molar-refractivity contribution in [2.45, 2.75) is 0 Å². The Morgan fingerprint density at radius 1 is 0.389 bits per heavy atom. The summed E-state index contributed by atoms with van der Waals surface area (Å²) in [6.07, 6.45) is 0. The molecule has 0 aromatic rings. The summed E-state index contributed by atoms with van der Waals surface area (Å²) in [4.78, 5) is 0. The van der Waals surface area contributed by atoms with Crippen molar-refractivity contribution < 1.29 is 112 Å². The molecule has 0 unspecified atom stereocenters. The van der Waals surface area contributed by atoms with Crippen LogP contribution >= 0.6 is 0 Å². The normalized spacial score (nSPS) is 6.00. The van der Waals surface area contributed by atoms with Crippen molar-refractivity contribution in [1.29, 1.82) is 0 Å². The van der Waals surface area contributed by atoms with E-state index in [1.54, 1.807) is 0 Å². The van der Waals surface area contributed by atoms with Gasteiger partial charge in [-0.15, -0.1) is 0 Å². The van der Waals surface area contributed by atoms with Crippen LogP contribution in [-0.2, 0) is 0 Å². The third-order valence-electron chi connectivity index (χ3n) is 0. The first-order chi connectivity index (χ1) is 6.93. The first-order valence-corrected chi connectivity index (χ1v) is 3.10. The Balaban J connectivity index is -0.0000000150. The minimum atomic E-state index is -2.17. The van der Waals surface area contributed by atoms with E-state index >= 15 is 0 Å². The van der Waals surface area contributed by atoms with Crippen LogP contribution in [0.4, 0.5) is 0 Å². The maximum Gasteiger partial charge on any atom is 1.00 e. The molecule has 0 amide bonds. The van der Waals surface area contributed by atoms with Crippen LogP contribution in [0, 0.1) is 0 Å². The van der Waals surface area contributed by atoms with Crippen molar-refractivity contribution in [3.63, 3.8) is 0 Å². The molecule has 0 bridgehead atoms. The molecule has 0 aliphatic rings. The predicted octanol–water partition coefficient (Wildman–Crippen LogP) is -14.0. The molecular weight excluding hydrogens is 265 g/mol. The van der Waals surface area contributed by atoms with Gasteiger partial charge in [-0.2, -0.15) is 0 Å². The minimum absolute atomic E-state index is 0. The fourth-order valence-corrected chi connectivity index (χ4v) is 0. The second-order valence-electron chi connectivity index (χ2n) is 1.39. The van der Waals surface area contributed by atoms with Gasteiger partial charge >= 0.3 is 77.7 Å². The SMILES string of the molecule is OB(O)O.OB(O)O.OB(O)O.OB(O)O.[H-].[H-].[Li+].[Na+]. The first-order valence-electron chi connectivity index (χ1n) is 3.10. The van der Waals surface area contributed by atoms with Gasteiger partial charge in [0.25, 0.3) is 0 Å². The zero-order valence-corrected chi connectivity index (χ0v) is 11.7. The van der Waals surface area contributed by atoms with Gasteiger partial charge in [0.1, 0.15) is 0 Å². The molecule has 18 heteroatoms. The molecule has 0 aromatic heterocycles. The van der Waals surface area contributed by atoms with Gasteiger partial charge in [0.2, 0.25) is 0 Å². The van der Waals surface area contributed by atoms with E-state index in [9.17, 15) is 0 Å². The summed E-state index contributed by atoms with van der Waals surface area (Å²) in [5, 5.41) is 86.0. The van der Waals surface area contributed by atoms with Gasteiger partial charge in [0.15, 0.2) is 0 Å². The van der Waals surface area contributed by atoms with Crippen LogP contribution < -0.4 is 48.4 Å². The van der Waals surface area contributed by atoms with Crippen LogP contribution in [0.5, 0.6) is 0 Å². The molecule has 12 N–H and O–H groups in total. The molecule has 0 atom stereocenters. The standard InChI is InChI=1S/4BH3O3.Li.Na.2H/c4*2-1(3)4;;;;/h4*2-4H;;;;/q;;;;2*+1;2*-1. The summed E-state index contributed by atoms with van der Waals surface area (Å²) in [5.41, 5.74) is 0. The molecular formula is H14B4LiNaO12. The van der Waals surface area contributed by atoms with Crippen molar-refractivity contribution in [2.75, 3.05) is 0 Å². The maximum atomic E-state index is 7.17. The van der Waals surface area contributed by atoms with Gasteiger partial charge in [0, 0.05) is 0 Å². The first kappa shape index (κ1) is 36.6. The smallest absolute Gasteiger partial charge is 1.00 e. The molecule has 0 aliphatic carbocycles. The van der Waals surface area contributed by atoms with Crippen LogP contribution in [0.15, 0.2) is 0 Å². The predicted molar refractivity (Wildman–Crippen MR) is 51.9 cm³/mol. The van der Waals surface area contributed by atoms with Crippen LogP contribution in [0.2, 0.25) is 0 Å². The second kappa shape index (κ2) is 31.0. The third-order valence-corrected chi connectivity index (χ3v) is 0. The Kier molecular flexibility index (Phi) is 63.0. The van der Waals surface area contributed by atoms with Crippen LogP contribution in [0.25, 0.3) is 0 Å². The van der Waals surface area contributed by atoms with E-state index in [1.165, 1.54) is 0 Å². The number of rotatable bonds is 0. The summed E-state index contributed by atoms with van der Waals surface area (Å²) in [7, 11) is -8.67. The van der Waals surface area contributed by atoms with E-state index in [0.29, 0.717) is 0 Å². The summed E-state index contributed by atoms with van der Waals surface area (Å²) >= 11 is 0. The molecule has 12 nitrogen and oxygen atoms in total. The number of hydrogen-bond acceptors (Lipinski definition) is 12. The average molecular weight is 279 g/mol. The molecule has 18 heavy (non-hydrogen) atoms.